The number of carbonyl (C=O) groups is 1. The van der Waals surface area contributed by atoms with E-state index in [0.29, 0.717) is 12.0 Å². The van der Waals surface area contributed by atoms with Gasteiger partial charge in [0.05, 0.1) is 0 Å². The molecule has 0 amide bonds. The molecule has 2 aromatic rings. The Kier molecular flexibility index (Phi) is 5.75. The number of benzene rings is 2. The van der Waals surface area contributed by atoms with Crippen molar-refractivity contribution in [1.82, 2.24) is 0 Å². The summed E-state index contributed by atoms with van der Waals surface area (Å²) in [7, 11) is 0. The third-order valence-corrected chi connectivity index (χ3v) is 3.53. The van der Waals surface area contributed by atoms with Gasteiger partial charge >= 0.3 is 5.97 Å². The van der Waals surface area contributed by atoms with Crippen molar-refractivity contribution in [2.24, 2.45) is 5.73 Å². The van der Waals surface area contributed by atoms with Gasteiger partial charge in [0.15, 0.2) is 0 Å². The van der Waals surface area contributed by atoms with Gasteiger partial charge in [-0.3, -0.25) is 0 Å². The van der Waals surface area contributed by atoms with Crippen LogP contribution in [0.1, 0.15) is 12.5 Å². The molecule has 1 atom stereocenters. The van der Waals surface area contributed by atoms with Crippen LogP contribution >= 0.6 is 11.9 Å². The molecule has 0 unspecified atom stereocenters. The molecule has 0 bridgehead atoms. The number of carbonyl (C=O) groups excluding carboxylic acids is 1. The average molecular weight is 316 g/mol. The predicted molar refractivity (Wildman–Crippen MR) is 89.3 cm³/mol. The van der Waals surface area contributed by atoms with Gasteiger partial charge in [-0.15, -0.1) is 0 Å². The van der Waals surface area contributed by atoms with Gasteiger partial charge in [0.1, 0.15) is 11.9 Å². The normalized spacial score (nSPS) is 12.8. The summed E-state index contributed by atoms with van der Waals surface area (Å²) in [6.07, 6.45) is 2.30. The number of hydrogen-bond donors (Lipinski definition) is 1. The van der Waals surface area contributed by atoms with Gasteiger partial charge in [0.2, 0.25) is 0 Å². The Morgan fingerprint density at radius 2 is 1.73 bits per heavy atom. The van der Waals surface area contributed by atoms with Crippen molar-refractivity contribution in [1.29, 1.82) is 0 Å². The summed E-state index contributed by atoms with van der Waals surface area (Å²) in [5.41, 5.74) is 9.88. The topological polar surface area (TPSA) is 52.3 Å². The van der Waals surface area contributed by atoms with Crippen LogP contribution in [0.2, 0.25) is 0 Å². The summed E-state index contributed by atoms with van der Waals surface area (Å²) in [5, 5.41) is 0. The molecule has 0 aliphatic carbocycles. The molecule has 0 aliphatic rings. The maximum Gasteiger partial charge on any atom is 0.351 e. The van der Waals surface area contributed by atoms with Gasteiger partial charge in [-0.2, -0.15) is 0 Å². The molecule has 3 nitrogen and oxygen atoms in total. The fourth-order valence-corrected chi connectivity index (χ4v) is 2.37. The first kappa shape index (κ1) is 16.3. The zero-order chi connectivity index (χ0) is 15.9. The van der Waals surface area contributed by atoms with Crippen LogP contribution in [-0.4, -0.2) is 12.0 Å². The van der Waals surface area contributed by atoms with Crippen molar-refractivity contribution in [2.45, 2.75) is 19.4 Å². The molecule has 22 heavy (non-hydrogen) atoms. The summed E-state index contributed by atoms with van der Waals surface area (Å²) < 4.78 is 4.14. The molecule has 0 fully saturated rings. The number of hydrogen-bond acceptors (Lipinski definition) is 3. The SMILES string of the molecule is C/C(=C/[C@H](N)Cc1ccc(-c2ccccc2)cc1)C(=O)OCl. The molecule has 2 aromatic carbocycles. The highest BCUT2D eigenvalue weighted by Crippen LogP contribution is 2.19. The second kappa shape index (κ2) is 7.78. The van der Waals surface area contributed by atoms with Crippen LogP contribution in [-0.2, 0) is 15.5 Å². The summed E-state index contributed by atoms with van der Waals surface area (Å²) in [6, 6.07) is 18.1. The molecule has 114 valence electrons. The highest BCUT2D eigenvalue weighted by Gasteiger charge is 2.08. The molecule has 2 rings (SSSR count). The quantitative estimate of drug-likeness (QED) is 0.852. The van der Waals surface area contributed by atoms with Crippen molar-refractivity contribution in [3.63, 3.8) is 0 Å². The third-order valence-electron chi connectivity index (χ3n) is 3.39. The van der Waals surface area contributed by atoms with E-state index in [9.17, 15) is 4.79 Å². The Morgan fingerprint density at radius 3 is 2.32 bits per heavy atom. The predicted octanol–water partition coefficient (Wildman–Crippen LogP) is 3.87. The largest absolute Gasteiger partial charge is 0.351 e. The van der Waals surface area contributed by atoms with Gasteiger partial charge in [-0.05, 0) is 30.0 Å². The fraction of sp³-hybridized carbons (Fsp3) is 0.167. The summed E-state index contributed by atoms with van der Waals surface area (Å²) in [5.74, 6) is -0.573. The summed E-state index contributed by atoms with van der Waals surface area (Å²) in [4.78, 5) is 11.2. The van der Waals surface area contributed by atoms with E-state index in [1.165, 1.54) is 5.56 Å². The second-order valence-corrected chi connectivity index (χ2v) is 5.30. The van der Waals surface area contributed by atoms with E-state index < -0.39 is 5.97 Å². The average Bonchev–Trinajstić information content (AvgIpc) is 2.55. The Balaban J connectivity index is 2.04. The van der Waals surface area contributed by atoms with Gasteiger partial charge in [-0.25, -0.2) is 4.79 Å². The molecule has 2 N–H and O–H groups in total. The monoisotopic (exact) mass is 315 g/mol. The lowest BCUT2D eigenvalue weighted by Gasteiger charge is -2.09. The van der Waals surface area contributed by atoms with Gasteiger partial charge < -0.3 is 10.0 Å². The van der Waals surface area contributed by atoms with Crippen LogP contribution in [0, 0.1) is 0 Å². The maximum atomic E-state index is 11.2. The Labute approximate surface area is 135 Å². The first-order valence-electron chi connectivity index (χ1n) is 7.01. The van der Waals surface area contributed by atoms with Crippen molar-refractivity contribution in [3.8, 4) is 11.1 Å². The Morgan fingerprint density at radius 1 is 1.14 bits per heavy atom. The molecule has 0 saturated heterocycles. The van der Waals surface area contributed by atoms with Crippen LogP contribution in [0.15, 0.2) is 66.2 Å². The molecule has 0 aromatic heterocycles. The van der Waals surface area contributed by atoms with Crippen LogP contribution in [0.25, 0.3) is 11.1 Å². The Bertz CT molecular complexity index is 651. The maximum absolute atomic E-state index is 11.2. The lowest BCUT2D eigenvalue weighted by atomic mass is 10.00. The van der Waals surface area contributed by atoms with Gasteiger partial charge in [0, 0.05) is 11.6 Å². The molecule has 0 spiro atoms. The molecule has 0 heterocycles. The fourth-order valence-electron chi connectivity index (χ4n) is 2.24. The zero-order valence-electron chi connectivity index (χ0n) is 12.3. The van der Waals surface area contributed by atoms with Crippen LogP contribution in [0.4, 0.5) is 0 Å². The number of rotatable bonds is 5. The number of nitrogens with two attached hydrogens (primary N) is 1. The molecule has 0 radical (unpaired) electrons. The van der Waals surface area contributed by atoms with Crippen molar-refractivity contribution >= 4 is 17.8 Å². The lowest BCUT2D eigenvalue weighted by Crippen LogP contribution is -2.21. The van der Waals surface area contributed by atoms with E-state index in [1.54, 1.807) is 13.0 Å². The molecule has 0 aliphatic heterocycles. The lowest BCUT2D eigenvalue weighted by molar-refractivity contribution is -0.129. The minimum atomic E-state index is -0.573. The van der Waals surface area contributed by atoms with Crippen LogP contribution in [0.5, 0.6) is 0 Å². The number of halogens is 1. The van der Waals surface area contributed by atoms with Crippen LogP contribution in [0.3, 0.4) is 0 Å². The minimum Gasteiger partial charge on any atom is -0.343 e. The van der Waals surface area contributed by atoms with E-state index in [-0.39, 0.29) is 6.04 Å². The first-order valence-corrected chi connectivity index (χ1v) is 7.32. The molecule has 0 saturated carbocycles. The van der Waals surface area contributed by atoms with Gasteiger partial charge in [0.25, 0.3) is 0 Å². The van der Waals surface area contributed by atoms with Crippen molar-refractivity contribution in [3.05, 3.63) is 71.8 Å². The Hall–Kier alpha value is -2.10. The van der Waals surface area contributed by atoms with Crippen LogP contribution < -0.4 is 5.73 Å². The minimum absolute atomic E-state index is 0.265. The smallest absolute Gasteiger partial charge is 0.343 e. The summed E-state index contributed by atoms with van der Waals surface area (Å²) >= 11 is 5.03. The van der Waals surface area contributed by atoms with E-state index >= 15 is 0 Å². The van der Waals surface area contributed by atoms with E-state index in [0.717, 1.165) is 11.1 Å². The zero-order valence-corrected chi connectivity index (χ0v) is 13.1. The molecular weight excluding hydrogens is 298 g/mol. The van der Waals surface area contributed by atoms with E-state index in [4.69, 9.17) is 17.6 Å². The molecular formula is C18H18ClNO2. The summed E-state index contributed by atoms with van der Waals surface area (Å²) in [6.45, 7) is 1.63. The highest BCUT2D eigenvalue weighted by atomic mass is 35.5. The van der Waals surface area contributed by atoms with E-state index in [1.807, 2.05) is 30.3 Å². The molecule has 4 heteroatoms. The van der Waals surface area contributed by atoms with Gasteiger partial charge in [-0.1, -0.05) is 60.7 Å². The highest BCUT2D eigenvalue weighted by molar-refractivity contribution is 6.15. The standard InChI is InChI=1S/C18H18ClNO2/c1-13(18(21)22-19)11-17(20)12-14-7-9-16(10-8-14)15-5-3-2-4-6-15/h2-11,17H,12,20H2,1H3/b13-11-/t17-/m0/s1. The third kappa shape index (κ3) is 4.45. The van der Waals surface area contributed by atoms with Crippen molar-refractivity contribution in [2.75, 3.05) is 0 Å². The van der Waals surface area contributed by atoms with E-state index in [2.05, 4.69) is 28.6 Å². The van der Waals surface area contributed by atoms with Crippen molar-refractivity contribution < 1.29 is 9.08 Å². The second-order valence-electron chi connectivity index (χ2n) is 5.15. The first-order chi connectivity index (χ1) is 10.6.